The maximum Gasteiger partial charge on any atom is 0.0397 e. The maximum absolute atomic E-state index is 5.83. The van der Waals surface area contributed by atoms with E-state index in [1.54, 1.807) is 0 Å². The summed E-state index contributed by atoms with van der Waals surface area (Å²) in [4.78, 5) is 4.10. The number of anilines is 1. The molecule has 2 N–H and O–H groups in total. The first-order valence-corrected chi connectivity index (χ1v) is 4.88. The van der Waals surface area contributed by atoms with Crippen molar-refractivity contribution in [2.75, 3.05) is 5.73 Å². The predicted octanol–water partition coefficient (Wildman–Crippen LogP) is 3.15. The third-order valence-corrected chi connectivity index (χ3v) is 2.01. The maximum atomic E-state index is 5.83. The predicted molar refractivity (Wildman–Crippen MR) is 62.2 cm³/mol. The van der Waals surface area contributed by atoms with E-state index < -0.39 is 0 Å². The fraction of sp³-hybridized carbons (Fsp3) is 0.250. The molecule has 1 aromatic heterocycles. The van der Waals surface area contributed by atoms with Gasteiger partial charge in [-0.1, -0.05) is 26.0 Å². The molecule has 1 aromatic carbocycles. The van der Waals surface area contributed by atoms with E-state index in [0.717, 1.165) is 22.0 Å². The number of pyridine rings is 1. The molecule has 0 spiro atoms. The molecule has 2 nitrogen and oxygen atoms in total. The topological polar surface area (TPSA) is 38.9 Å². The van der Waals surface area contributed by atoms with E-state index in [-0.39, 0.29) is 0 Å². The van der Waals surface area contributed by atoms with Gasteiger partial charge in [-0.2, -0.15) is 0 Å². The summed E-state index contributed by atoms with van der Waals surface area (Å²) in [7, 11) is 0. The zero-order chi connectivity index (χ0) is 10.6. The second-order valence-corrected chi connectivity index (χ2v) is 2.90. The number of nitrogens with two attached hydrogens (primary N) is 1. The molecule has 0 atom stereocenters. The van der Waals surface area contributed by atoms with E-state index in [9.17, 15) is 0 Å². The Morgan fingerprint density at radius 1 is 1.14 bits per heavy atom. The van der Waals surface area contributed by atoms with E-state index in [1.165, 1.54) is 0 Å². The number of aromatic nitrogens is 1. The molecule has 0 aliphatic heterocycles. The van der Waals surface area contributed by atoms with Crippen LogP contribution in [0.2, 0.25) is 0 Å². The number of rotatable bonds is 0. The molecule has 2 aromatic rings. The van der Waals surface area contributed by atoms with Crippen LogP contribution < -0.4 is 5.73 Å². The summed E-state index contributed by atoms with van der Waals surface area (Å²) in [5.41, 5.74) is 7.79. The molecule has 0 radical (unpaired) electrons. The first-order chi connectivity index (χ1) is 6.79. The largest absolute Gasteiger partial charge is 0.398 e. The molecule has 14 heavy (non-hydrogen) atoms. The van der Waals surface area contributed by atoms with Gasteiger partial charge in [-0.3, -0.25) is 4.98 Å². The van der Waals surface area contributed by atoms with Gasteiger partial charge in [0.1, 0.15) is 0 Å². The number of aryl methyl sites for hydroxylation is 1. The van der Waals surface area contributed by atoms with Crippen molar-refractivity contribution in [1.29, 1.82) is 0 Å². The molecule has 0 amide bonds. The molecule has 0 saturated heterocycles. The van der Waals surface area contributed by atoms with Gasteiger partial charge in [0.15, 0.2) is 0 Å². The summed E-state index contributed by atoms with van der Waals surface area (Å²) >= 11 is 0. The van der Waals surface area contributed by atoms with Crippen LogP contribution >= 0.6 is 0 Å². The average Bonchev–Trinajstić information content (AvgIpc) is 2.21. The van der Waals surface area contributed by atoms with Gasteiger partial charge in [-0.15, -0.1) is 0 Å². The highest BCUT2D eigenvalue weighted by Crippen LogP contribution is 2.22. The monoisotopic (exact) mass is 188 g/mol. The van der Waals surface area contributed by atoms with Crippen molar-refractivity contribution in [3.05, 3.63) is 36.2 Å². The SMILES string of the molecule is CC.Cc1cncc2cccc(N)c12. The van der Waals surface area contributed by atoms with Crippen LogP contribution in [0.15, 0.2) is 30.6 Å². The molecule has 0 aliphatic rings. The second-order valence-electron chi connectivity index (χ2n) is 2.90. The molecule has 1 heterocycles. The Labute approximate surface area is 84.8 Å². The first kappa shape index (κ1) is 10.5. The van der Waals surface area contributed by atoms with Gasteiger partial charge in [-0.05, 0) is 18.6 Å². The zero-order valence-corrected chi connectivity index (χ0v) is 8.91. The number of fused-ring (bicyclic) bond motifs is 1. The number of hydrogen-bond donors (Lipinski definition) is 1. The van der Waals surface area contributed by atoms with Gasteiger partial charge < -0.3 is 5.73 Å². The fourth-order valence-electron chi connectivity index (χ4n) is 1.45. The normalized spacial score (nSPS) is 9.36. The van der Waals surface area contributed by atoms with Crippen LogP contribution in [0.1, 0.15) is 19.4 Å². The van der Waals surface area contributed by atoms with Crippen LogP contribution in [-0.2, 0) is 0 Å². The first-order valence-electron chi connectivity index (χ1n) is 4.88. The lowest BCUT2D eigenvalue weighted by Gasteiger charge is -2.03. The van der Waals surface area contributed by atoms with E-state index in [4.69, 9.17) is 5.73 Å². The minimum Gasteiger partial charge on any atom is -0.398 e. The molecule has 0 fully saturated rings. The summed E-state index contributed by atoms with van der Waals surface area (Å²) in [6.07, 6.45) is 3.66. The van der Waals surface area contributed by atoms with Crippen LogP contribution in [0.3, 0.4) is 0 Å². The Bertz CT molecular complexity index is 385. The highest BCUT2D eigenvalue weighted by molar-refractivity contribution is 5.94. The summed E-state index contributed by atoms with van der Waals surface area (Å²) in [6.45, 7) is 6.02. The lowest BCUT2D eigenvalue weighted by Crippen LogP contribution is -1.89. The van der Waals surface area contributed by atoms with Crippen molar-refractivity contribution in [3.8, 4) is 0 Å². The van der Waals surface area contributed by atoms with Gasteiger partial charge in [0.05, 0.1) is 0 Å². The van der Waals surface area contributed by atoms with Crippen LogP contribution in [0.25, 0.3) is 10.8 Å². The fourth-order valence-corrected chi connectivity index (χ4v) is 1.45. The number of hydrogen-bond acceptors (Lipinski definition) is 2. The molecule has 0 unspecified atom stereocenters. The van der Waals surface area contributed by atoms with E-state index in [2.05, 4.69) is 4.98 Å². The standard InChI is InChI=1S/C10H10N2.C2H6/c1-7-5-12-6-8-3-2-4-9(11)10(7)8;1-2/h2-6H,11H2,1H3;1-2H3. The molecule has 2 heteroatoms. The quantitative estimate of drug-likeness (QED) is 0.645. The van der Waals surface area contributed by atoms with Crippen molar-refractivity contribution in [2.45, 2.75) is 20.8 Å². The van der Waals surface area contributed by atoms with Crippen molar-refractivity contribution in [3.63, 3.8) is 0 Å². The minimum absolute atomic E-state index is 0.826. The molecule has 0 aliphatic carbocycles. The Morgan fingerprint density at radius 3 is 2.50 bits per heavy atom. The Kier molecular flexibility index (Phi) is 3.46. The Hall–Kier alpha value is -1.57. The van der Waals surface area contributed by atoms with Gasteiger partial charge in [0.25, 0.3) is 0 Å². The molecule has 74 valence electrons. The highest BCUT2D eigenvalue weighted by atomic mass is 14.6. The zero-order valence-electron chi connectivity index (χ0n) is 8.91. The third-order valence-electron chi connectivity index (χ3n) is 2.01. The van der Waals surface area contributed by atoms with Crippen LogP contribution in [0, 0.1) is 6.92 Å². The van der Waals surface area contributed by atoms with Crippen LogP contribution in [-0.4, -0.2) is 4.98 Å². The van der Waals surface area contributed by atoms with Gasteiger partial charge in [0, 0.05) is 28.9 Å². The van der Waals surface area contributed by atoms with Crippen LogP contribution in [0.5, 0.6) is 0 Å². The molecule has 2 rings (SSSR count). The number of nitrogen functional groups attached to an aromatic ring is 1. The summed E-state index contributed by atoms with van der Waals surface area (Å²) in [6, 6.07) is 5.87. The van der Waals surface area contributed by atoms with Gasteiger partial charge in [0.2, 0.25) is 0 Å². The smallest absolute Gasteiger partial charge is 0.0397 e. The van der Waals surface area contributed by atoms with Crippen molar-refractivity contribution >= 4 is 16.5 Å². The molecular weight excluding hydrogens is 172 g/mol. The summed E-state index contributed by atoms with van der Waals surface area (Å²) < 4.78 is 0. The molecule has 0 saturated carbocycles. The van der Waals surface area contributed by atoms with Gasteiger partial charge >= 0.3 is 0 Å². The van der Waals surface area contributed by atoms with Crippen molar-refractivity contribution in [1.82, 2.24) is 4.98 Å². The van der Waals surface area contributed by atoms with E-state index in [0.29, 0.717) is 0 Å². The lowest BCUT2D eigenvalue weighted by atomic mass is 10.1. The number of nitrogens with zero attached hydrogens (tertiary/aromatic N) is 1. The van der Waals surface area contributed by atoms with E-state index >= 15 is 0 Å². The Morgan fingerprint density at radius 2 is 1.86 bits per heavy atom. The minimum atomic E-state index is 0.826. The highest BCUT2D eigenvalue weighted by Gasteiger charge is 1.99. The van der Waals surface area contributed by atoms with Crippen molar-refractivity contribution in [2.24, 2.45) is 0 Å². The van der Waals surface area contributed by atoms with Gasteiger partial charge in [-0.25, -0.2) is 0 Å². The average molecular weight is 188 g/mol. The van der Waals surface area contributed by atoms with E-state index in [1.807, 2.05) is 51.4 Å². The second kappa shape index (κ2) is 4.61. The summed E-state index contributed by atoms with van der Waals surface area (Å²) in [5.74, 6) is 0. The van der Waals surface area contributed by atoms with Crippen LogP contribution in [0.4, 0.5) is 5.69 Å². The Balaban J connectivity index is 0.000000461. The lowest BCUT2D eigenvalue weighted by molar-refractivity contribution is 1.31. The molecular formula is C12H16N2. The number of benzene rings is 1. The van der Waals surface area contributed by atoms with Crippen molar-refractivity contribution < 1.29 is 0 Å². The summed E-state index contributed by atoms with van der Waals surface area (Å²) in [5, 5.41) is 2.22. The molecule has 0 bridgehead atoms. The third kappa shape index (κ3) is 1.84.